The molecule has 1 amide bonds. The van der Waals surface area contributed by atoms with Crippen LogP contribution in [0.4, 0.5) is 13.2 Å². The van der Waals surface area contributed by atoms with Crippen molar-refractivity contribution in [1.29, 1.82) is 0 Å². The molecule has 0 bridgehead atoms. The molecule has 0 aliphatic heterocycles. The number of carbonyl (C=O) groups is 1. The summed E-state index contributed by atoms with van der Waals surface area (Å²) in [5.74, 6) is -1.67. The molecule has 1 fully saturated rings. The van der Waals surface area contributed by atoms with Crippen molar-refractivity contribution in [2.75, 3.05) is 10.7 Å². The standard InChI is InChI=1S/C12H18Br2F3NO/c1-11(6-13,7-14)18-10(19)8-2-4-9(5-3-8)12(15,16)17/h8-9H,2-7H2,1H3,(H,18,19). The van der Waals surface area contributed by atoms with Gasteiger partial charge in [-0.1, -0.05) is 31.9 Å². The summed E-state index contributed by atoms with van der Waals surface area (Å²) in [6, 6.07) is 0. The molecule has 1 aliphatic rings. The second kappa shape index (κ2) is 6.78. The zero-order chi connectivity index (χ0) is 14.7. The number of hydrogen-bond donors (Lipinski definition) is 1. The first-order chi connectivity index (χ1) is 8.72. The number of hydrogen-bond acceptors (Lipinski definition) is 1. The van der Waals surface area contributed by atoms with Crippen molar-refractivity contribution in [3.8, 4) is 0 Å². The van der Waals surface area contributed by atoms with Crippen molar-refractivity contribution in [2.45, 2.75) is 44.3 Å². The Kier molecular flexibility index (Phi) is 6.17. The van der Waals surface area contributed by atoms with Crippen LogP contribution in [0.15, 0.2) is 0 Å². The van der Waals surface area contributed by atoms with Crippen LogP contribution in [-0.2, 0) is 4.79 Å². The van der Waals surface area contributed by atoms with E-state index in [-0.39, 0.29) is 24.7 Å². The summed E-state index contributed by atoms with van der Waals surface area (Å²) in [4.78, 5) is 12.1. The van der Waals surface area contributed by atoms with E-state index in [2.05, 4.69) is 37.2 Å². The summed E-state index contributed by atoms with van der Waals surface area (Å²) in [7, 11) is 0. The van der Waals surface area contributed by atoms with Gasteiger partial charge in [-0.05, 0) is 32.6 Å². The summed E-state index contributed by atoms with van der Waals surface area (Å²) >= 11 is 6.65. The zero-order valence-corrected chi connectivity index (χ0v) is 13.9. The van der Waals surface area contributed by atoms with Crippen LogP contribution >= 0.6 is 31.9 Å². The van der Waals surface area contributed by atoms with Crippen LogP contribution in [0.3, 0.4) is 0 Å². The van der Waals surface area contributed by atoms with Crippen molar-refractivity contribution < 1.29 is 18.0 Å². The highest BCUT2D eigenvalue weighted by Gasteiger charge is 2.42. The van der Waals surface area contributed by atoms with E-state index in [4.69, 9.17) is 0 Å². The second-order valence-corrected chi connectivity index (χ2v) is 6.53. The number of alkyl halides is 5. The molecule has 0 saturated heterocycles. The molecular formula is C12H18Br2F3NO. The first kappa shape index (κ1) is 17.3. The molecule has 112 valence electrons. The Labute approximate surface area is 128 Å². The van der Waals surface area contributed by atoms with Gasteiger partial charge in [0, 0.05) is 16.6 Å². The van der Waals surface area contributed by atoms with E-state index in [1.54, 1.807) is 0 Å². The van der Waals surface area contributed by atoms with E-state index in [1.807, 2.05) is 6.92 Å². The van der Waals surface area contributed by atoms with Gasteiger partial charge in [-0.3, -0.25) is 4.79 Å². The highest BCUT2D eigenvalue weighted by molar-refractivity contribution is 9.09. The predicted octanol–water partition coefficient (Wildman–Crippen LogP) is 4.02. The van der Waals surface area contributed by atoms with E-state index >= 15 is 0 Å². The van der Waals surface area contributed by atoms with Crippen LogP contribution in [-0.4, -0.2) is 28.3 Å². The Hall–Kier alpha value is 0.220. The monoisotopic (exact) mass is 407 g/mol. The topological polar surface area (TPSA) is 29.1 Å². The third-order valence-corrected chi connectivity index (χ3v) is 6.05. The molecule has 1 rings (SSSR count). The fourth-order valence-corrected chi connectivity index (χ4v) is 3.39. The third kappa shape index (κ3) is 4.92. The summed E-state index contributed by atoms with van der Waals surface area (Å²) in [5, 5.41) is 4.09. The largest absolute Gasteiger partial charge is 0.391 e. The summed E-state index contributed by atoms with van der Waals surface area (Å²) < 4.78 is 37.6. The minimum absolute atomic E-state index is 0.0565. The van der Waals surface area contributed by atoms with Gasteiger partial charge in [0.15, 0.2) is 0 Å². The van der Waals surface area contributed by atoms with Gasteiger partial charge in [-0.15, -0.1) is 0 Å². The summed E-state index contributed by atoms with van der Waals surface area (Å²) in [5.41, 5.74) is -0.405. The molecule has 1 N–H and O–H groups in total. The van der Waals surface area contributed by atoms with Crippen molar-refractivity contribution in [1.82, 2.24) is 5.32 Å². The maximum atomic E-state index is 12.5. The Morgan fingerprint density at radius 1 is 1.16 bits per heavy atom. The van der Waals surface area contributed by atoms with Gasteiger partial charge >= 0.3 is 6.18 Å². The molecule has 2 nitrogen and oxygen atoms in total. The molecule has 0 aromatic heterocycles. The number of rotatable bonds is 4. The smallest absolute Gasteiger partial charge is 0.349 e. The van der Waals surface area contributed by atoms with Crippen LogP contribution in [0.2, 0.25) is 0 Å². The SMILES string of the molecule is CC(CBr)(CBr)NC(=O)C1CCC(C(F)(F)F)CC1. The molecule has 19 heavy (non-hydrogen) atoms. The molecule has 1 aliphatic carbocycles. The van der Waals surface area contributed by atoms with Crippen LogP contribution in [0.1, 0.15) is 32.6 Å². The Balaban J connectivity index is 2.50. The molecular weight excluding hydrogens is 391 g/mol. The average Bonchev–Trinajstić information content (AvgIpc) is 2.37. The van der Waals surface area contributed by atoms with Crippen LogP contribution in [0.5, 0.6) is 0 Å². The molecule has 1 saturated carbocycles. The van der Waals surface area contributed by atoms with Gasteiger partial charge in [0.25, 0.3) is 0 Å². The highest BCUT2D eigenvalue weighted by atomic mass is 79.9. The lowest BCUT2D eigenvalue weighted by molar-refractivity contribution is -0.184. The number of halogens is 5. The fraction of sp³-hybridized carbons (Fsp3) is 0.917. The van der Waals surface area contributed by atoms with E-state index in [9.17, 15) is 18.0 Å². The van der Waals surface area contributed by atoms with Crippen LogP contribution in [0, 0.1) is 11.8 Å². The Morgan fingerprint density at radius 2 is 1.63 bits per heavy atom. The van der Waals surface area contributed by atoms with Crippen molar-refractivity contribution in [3.05, 3.63) is 0 Å². The average molecular weight is 409 g/mol. The van der Waals surface area contributed by atoms with E-state index in [0.29, 0.717) is 23.5 Å². The quantitative estimate of drug-likeness (QED) is 0.699. The number of carbonyl (C=O) groups excluding carboxylic acids is 1. The molecule has 0 spiro atoms. The normalized spacial score (nSPS) is 25.2. The molecule has 0 heterocycles. The second-order valence-electron chi connectivity index (χ2n) is 5.41. The van der Waals surface area contributed by atoms with Gasteiger partial charge in [-0.2, -0.15) is 13.2 Å². The Bertz CT molecular complexity index is 311. The maximum absolute atomic E-state index is 12.5. The molecule has 0 atom stereocenters. The number of amides is 1. The first-order valence-electron chi connectivity index (χ1n) is 6.22. The molecule has 7 heteroatoms. The zero-order valence-electron chi connectivity index (χ0n) is 10.7. The Morgan fingerprint density at radius 3 is 2.00 bits per heavy atom. The lowest BCUT2D eigenvalue weighted by Crippen LogP contribution is -2.51. The number of nitrogens with one attached hydrogen (secondary N) is 1. The molecule has 0 radical (unpaired) electrons. The molecule has 0 aromatic carbocycles. The molecule has 0 aromatic rings. The minimum atomic E-state index is -4.12. The minimum Gasteiger partial charge on any atom is -0.349 e. The van der Waals surface area contributed by atoms with E-state index < -0.39 is 17.6 Å². The summed E-state index contributed by atoms with van der Waals surface area (Å²) in [6.45, 7) is 1.88. The van der Waals surface area contributed by atoms with Gasteiger partial charge in [0.1, 0.15) is 0 Å². The lowest BCUT2D eigenvalue weighted by atomic mass is 9.81. The van der Waals surface area contributed by atoms with Gasteiger partial charge in [0.2, 0.25) is 5.91 Å². The van der Waals surface area contributed by atoms with Crippen molar-refractivity contribution in [2.24, 2.45) is 11.8 Å². The lowest BCUT2D eigenvalue weighted by Gasteiger charge is -2.33. The maximum Gasteiger partial charge on any atom is 0.391 e. The first-order valence-corrected chi connectivity index (χ1v) is 8.47. The summed E-state index contributed by atoms with van der Waals surface area (Å²) in [6.07, 6.45) is -3.38. The highest BCUT2D eigenvalue weighted by Crippen LogP contribution is 2.39. The van der Waals surface area contributed by atoms with Gasteiger partial charge in [-0.25, -0.2) is 0 Å². The van der Waals surface area contributed by atoms with Crippen LogP contribution in [0.25, 0.3) is 0 Å². The molecule has 0 unspecified atom stereocenters. The predicted molar refractivity (Wildman–Crippen MR) is 75.6 cm³/mol. The van der Waals surface area contributed by atoms with Crippen molar-refractivity contribution in [3.63, 3.8) is 0 Å². The van der Waals surface area contributed by atoms with E-state index in [0.717, 1.165) is 0 Å². The van der Waals surface area contributed by atoms with Crippen molar-refractivity contribution >= 4 is 37.8 Å². The fourth-order valence-electron chi connectivity index (χ4n) is 2.18. The van der Waals surface area contributed by atoms with Gasteiger partial charge in [0.05, 0.1) is 11.5 Å². The van der Waals surface area contributed by atoms with Gasteiger partial charge < -0.3 is 5.32 Å². The van der Waals surface area contributed by atoms with E-state index in [1.165, 1.54) is 0 Å². The van der Waals surface area contributed by atoms with Crippen LogP contribution < -0.4 is 5.32 Å². The third-order valence-electron chi connectivity index (χ3n) is 3.58.